The number of aliphatic hydroxyl groups is 1. The summed E-state index contributed by atoms with van der Waals surface area (Å²) < 4.78 is 10.4. The molecule has 0 amide bonds. The van der Waals surface area contributed by atoms with Crippen molar-refractivity contribution in [3.63, 3.8) is 0 Å². The number of ether oxygens (including phenoxy) is 2. The Balaban J connectivity index is 0.000000796. The SMILES string of the molecule is CC(C)N.COc1csc(C(O)C(N)C(C)C)c1OC. The molecule has 0 saturated carbocycles. The molecule has 0 aromatic carbocycles. The van der Waals surface area contributed by atoms with E-state index >= 15 is 0 Å². The molecule has 2 unspecified atom stereocenters. The van der Waals surface area contributed by atoms with E-state index in [4.69, 9.17) is 20.9 Å². The molecule has 20 heavy (non-hydrogen) atoms. The summed E-state index contributed by atoms with van der Waals surface area (Å²) in [5.41, 5.74) is 11.0. The number of nitrogens with two attached hydrogens (primary N) is 2. The third-order valence-electron chi connectivity index (χ3n) is 2.57. The smallest absolute Gasteiger partial charge is 0.177 e. The molecule has 1 aromatic heterocycles. The number of hydrogen-bond acceptors (Lipinski definition) is 6. The molecule has 1 aromatic rings. The molecule has 6 heteroatoms. The molecule has 0 aliphatic rings. The van der Waals surface area contributed by atoms with Gasteiger partial charge in [0.2, 0.25) is 0 Å². The van der Waals surface area contributed by atoms with Crippen LogP contribution in [-0.4, -0.2) is 31.4 Å². The summed E-state index contributed by atoms with van der Waals surface area (Å²) in [4.78, 5) is 0.723. The minimum Gasteiger partial charge on any atom is -0.492 e. The van der Waals surface area contributed by atoms with E-state index in [2.05, 4.69) is 0 Å². The molecule has 0 aliphatic heterocycles. The van der Waals surface area contributed by atoms with E-state index in [1.54, 1.807) is 14.2 Å². The maximum Gasteiger partial charge on any atom is 0.177 e. The zero-order valence-corrected chi connectivity index (χ0v) is 14.0. The van der Waals surface area contributed by atoms with E-state index in [-0.39, 0.29) is 12.0 Å². The van der Waals surface area contributed by atoms with E-state index < -0.39 is 6.10 Å². The molecule has 0 radical (unpaired) electrons. The van der Waals surface area contributed by atoms with Gasteiger partial charge in [0, 0.05) is 11.4 Å². The van der Waals surface area contributed by atoms with E-state index in [0.717, 1.165) is 4.88 Å². The van der Waals surface area contributed by atoms with Gasteiger partial charge in [0.1, 0.15) is 6.10 Å². The van der Waals surface area contributed by atoms with Crippen LogP contribution in [0.5, 0.6) is 11.5 Å². The Labute approximate surface area is 125 Å². The van der Waals surface area contributed by atoms with Crippen LogP contribution in [-0.2, 0) is 0 Å². The van der Waals surface area contributed by atoms with Gasteiger partial charge in [-0.25, -0.2) is 0 Å². The molecule has 0 bridgehead atoms. The van der Waals surface area contributed by atoms with Gasteiger partial charge in [-0.2, -0.15) is 0 Å². The van der Waals surface area contributed by atoms with Crippen LogP contribution in [0.2, 0.25) is 0 Å². The fourth-order valence-electron chi connectivity index (χ4n) is 1.43. The first-order valence-corrected chi connectivity index (χ1v) is 7.52. The topological polar surface area (TPSA) is 90.7 Å². The van der Waals surface area contributed by atoms with Gasteiger partial charge in [-0.15, -0.1) is 11.3 Å². The summed E-state index contributed by atoms with van der Waals surface area (Å²) in [6.07, 6.45) is -0.719. The zero-order chi connectivity index (χ0) is 15.9. The number of thiophene rings is 1. The Hall–Kier alpha value is -0.820. The Morgan fingerprint density at radius 3 is 1.95 bits per heavy atom. The molecule has 0 aliphatic carbocycles. The van der Waals surface area contributed by atoms with Crippen molar-refractivity contribution in [1.82, 2.24) is 0 Å². The highest BCUT2D eigenvalue weighted by Gasteiger charge is 2.26. The van der Waals surface area contributed by atoms with E-state index in [1.165, 1.54) is 11.3 Å². The largest absolute Gasteiger partial charge is 0.492 e. The lowest BCUT2D eigenvalue weighted by Gasteiger charge is -2.22. The van der Waals surface area contributed by atoms with Crippen LogP contribution in [0.25, 0.3) is 0 Å². The lowest BCUT2D eigenvalue weighted by molar-refractivity contribution is 0.126. The van der Waals surface area contributed by atoms with Gasteiger partial charge in [0.05, 0.1) is 19.1 Å². The standard InChI is InChI=1S/C11H19NO3S.C3H9N/c1-6(2)8(12)9(13)11-10(15-4)7(14-3)5-16-11;1-3(2)4/h5-6,8-9,13H,12H2,1-4H3;3H,4H2,1-2H3. The minimum atomic E-state index is -0.719. The van der Waals surface area contributed by atoms with Gasteiger partial charge < -0.3 is 26.0 Å². The van der Waals surface area contributed by atoms with Crippen LogP contribution in [0.1, 0.15) is 38.7 Å². The molecular formula is C14H28N2O3S. The van der Waals surface area contributed by atoms with Crippen LogP contribution in [0.3, 0.4) is 0 Å². The minimum absolute atomic E-state index is 0.202. The average Bonchev–Trinajstić information content (AvgIpc) is 2.78. The Bertz CT molecular complexity index is 378. The van der Waals surface area contributed by atoms with Crippen molar-refractivity contribution in [2.75, 3.05) is 14.2 Å². The number of rotatable bonds is 5. The van der Waals surface area contributed by atoms with Gasteiger partial charge >= 0.3 is 0 Å². The highest BCUT2D eigenvalue weighted by Crippen LogP contribution is 2.41. The van der Waals surface area contributed by atoms with Crippen LogP contribution in [0.15, 0.2) is 5.38 Å². The second-order valence-corrected chi connectivity index (χ2v) is 6.12. The van der Waals surface area contributed by atoms with Crippen molar-refractivity contribution >= 4 is 11.3 Å². The third-order valence-corrected chi connectivity index (χ3v) is 3.58. The summed E-state index contributed by atoms with van der Waals surface area (Å²) in [6.45, 7) is 7.84. The molecule has 0 spiro atoms. The molecule has 2 atom stereocenters. The van der Waals surface area contributed by atoms with Crippen molar-refractivity contribution < 1.29 is 14.6 Å². The first-order chi connectivity index (χ1) is 9.26. The van der Waals surface area contributed by atoms with Crippen LogP contribution < -0.4 is 20.9 Å². The summed E-state index contributed by atoms with van der Waals surface area (Å²) in [5.74, 6) is 1.42. The maximum absolute atomic E-state index is 10.1. The fourth-order valence-corrected chi connectivity index (χ4v) is 2.46. The lowest BCUT2D eigenvalue weighted by Crippen LogP contribution is -2.33. The average molecular weight is 304 g/mol. The van der Waals surface area contributed by atoms with Crippen LogP contribution in [0, 0.1) is 5.92 Å². The fraction of sp³-hybridized carbons (Fsp3) is 0.714. The molecule has 1 rings (SSSR count). The summed E-state index contributed by atoms with van der Waals surface area (Å²) in [5, 5.41) is 11.9. The highest BCUT2D eigenvalue weighted by atomic mass is 32.1. The van der Waals surface area contributed by atoms with Crippen molar-refractivity contribution in [2.45, 2.75) is 45.9 Å². The normalized spacial score (nSPS) is 13.8. The first kappa shape index (κ1) is 19.2. The molecule has 0 fully saturated rings. The number of hydrogen-bond donors (Lipinski definition) is 3. The lowest BCUT2D eigenvalue weighted by atomic mass is 9.98. The highest BCUT2D eigenvalue weighted by molar-refractivity contribution is 7.10. The van der Waals surface area contributed by atoms with Gasteiger partial charge in [0.15, 0.2) is 11.5 Å². The monoisotopic (exact) mass is 304 g/mol. The van der Waals surface area contributed by atoms with Crippen LogP contribution >= 0.6 is 11.3 Å². The Kier molecular flexibility index (Phi) is 8.80. The predicted molar refractivity (Wildman–Crippen MR) is 84.5 cm³/mol. The summed E-state index contributed by atoms with van der Waals surface area (Å²) in [7, 11) is 3.13. The van der Waals surface area contributed by atoms with Crippen LogP contribution in [0.4, 0.5) is 0 Å². The van der Waals surface area contributed by atoms with Gasteiger partial charge in [0.25, 0.3) is 0 Å². The van der Waals surface area contributed by atoms with Gasteiger partial charge in [-0.3, -0.25) is 0 Å². The van der Waals surface area contributed by atoms with E-state index in [9.17, 15) is 5.11 Å². The molecule has 5 nitrogen and oxygen atoms in total. The Morgan fingerprint density at radius 1 is 1.10 bits per heavy atom. The summed E-state index contributed by atoms with van der Waals surface area (Å²) >= 11 is 1.40. The molecular weight excluding hydrogens is 276 g/mol. The third kappa shape index (κ3) is 5.66. The molecule has 118 valence electrons. The maximum atomic E-state index is 10.1. The molecule has 5 N–H and O–H groups in total. The van der Waals surface area contributed by atoms with Gasteiger partial charge in [-0.1, -0.05) is 27.7 Å². The van der Waals surface area contributed by atoms with Crippen molar-refractivity contribution in [3.05, 3.63) is 10.3 Å². The number of methoxy groups -OCH3 is 2. The number of aliphatic hydroxyl groups excluding tert-OH is 1. The quantitative estimate of drug-likeness (QED) is 0.775. The van der Waals surface area contributed by atoms with Crippen molar-refractivity contribution in [3.8, 4) is 11.5 Å². The zero-order valence-electron chi connectivity index (χ0n) is 13.2. The summed E-state index contributed by atoms with van der Waals surface area (Å²) in [6, 6.07) is 0.0252. The van der Waals surface area contributed by atoms with E-state index in [0.29, 0.717) is 17.5 Å². The van der Waals surface area contributed by atoms with E-state index in [1.807, 2.05) is 33.1 Å². The predicted octanol–water partition coefficient (Wildman–Crippen LogP) is 2.14. The second kappa shape index (κ2) is 9.18. The van der Waals surface area contributed by atoms with Gasteiger partial charge in [-0.05, 0) is 12.0 Å². The van der Waals surface area contributed by atoms with Crippen molar-refractivity contribution in [1.29, 1.82) is 0 Å². The molecule has 1 heterocycles. The second-order valence-electron chi connectivity index (χ2n) is 5.21. The Morgan fingerprint density at radius 2 is 1.60 bits per heavy atom. The first-order valence-electron chi connectivity index (χ1n) is 6.64. The van der Waals surface area contributed by atoms with Crippen molar-refractivity contribution in [2.24, 2.45) is 17.4 Å². The molecule has 0 saturated heterocycles.